The second-order valence-corrected chi connectivity index (χ2v) is 7.78. The number of ketones is 1. The molecule has 1 aliphatic heterocycles. The van der Waals surface area contributed by atoms with Crippen LogP contribution in [0, 0.1) is 6.92 Å². The highest BCUT2D eigenvalue weighted by Gasteiger charge is 2.14. The largest absolute Gasteiger partial charge is 0.492 e. The average molecular weight is 380 g/mol. The number of carbonyl (C=O) groups is 1. The van der Waals surface area contributed by atoms with Gasteiger partial charge in [-0.2, -0.15) is 0 Å². The first kappa shape index (κ1) is 20.6. The van der Waals surface area contributed by atoms with Crippen LogP contribution in [-0.2, 0) is 6.42 Å². The smallest absolute Gasteiger partial charge is 0.162 e. The highest BCUT2D eigenvalue weighted by molar-refractivity contribution is 5.97. The Morgan fingerprint density at radius 3 is 2.61 bits per heavy atom. The Morgan fingerprint density at radius 1 is 1.11 bits per heavy atom. The summed E-state index contributed by atoms with van der Waals surface area (Å²) in [6.45, 7) is 10.5. The van der Waals surface area contributed by atoms with Crippen LogP contribution in [0.1, 0.15) is 61.0 Å². The number of hydrogen-bond acceptors (Lipinski definition) is 3. The lowest BCUT2D eigenvalue weighted by Gasteiger charge is -2.18. The van der Waals surface area contributed by atoms with Crippen LogP contribution in [0.5, 0.6) is 5.75 Å². The summed E-state index contributed by atoms with van der Waals surface area (Å²) in [5, 5.41) is 0. The number of likely N-dealkylation sites (tertiary alicyclic amines) is 1. The molecule has 3 nitrogen and oxygen atoms in total. The monoisotopic (exact) mass is 379 g/mol. The van der Waals surface area contributed by atoms with Crippen LogP contribution in [0.2, 0.25) is 0 Å². The summed E-state index contributed by atoms with van der Waals surface area (Å²) in [7, 11) is 0. The first-order valence-corrected chi connectivity index (χ1v) is 10.7. The third-order valence-corrected chi connectivity index (χ3v) is 5.62. The first-order chi connectivity index (χ1) is 13.6. The minimum Gasteiger partial charge on any atom is -0.492 e. The molecule has 0 aliphatic carbocycles. The van der Waals surface area contributed by atoms with Gasteiger partial charge < -0.3 is 4.74 Å². The predicted octanol–water partition coefficient (Wildman–Crippen LogP) is 5.68. The Morgan fingerprint density at radius 2 is 1.89 bits per heavy atom. The number of nitrogens with zero attached hydrogens (tertiary/aromatic N) is 1. The summed E-state index contributed by atoms with van der Waals surface area (Å²) in [6, 6.07) is 12.5. The molecule has 1 heterocycles. The minimum absolute atomic E-state index is 0.223. The summed E-state index contributed by atoms with van der Waals surface area (Å²) in [6.07, 6.45) is 5.05. The maximum atomic E-state index is 12.3. The van der Waals surface area contributed by atoms with Crippen LogP contribution >= 0.6 is 0 Å². The number of ether oxygens (including phenoxy) is 1. The van der Waals surface area contributed by atoms with Crippen LogP contribution in [0.3, 0.4) is 0 Å². The van der Waals surface area contributed by atoms with E-state index in [1.807, 2.05) is 25.1 Å². The van der Waals surface area contributed by atoms with Crippen LogP contribution < -0.4 is 4.74 Å². The normalized spacial score (nSPS) is 14.4. The van der Waals surface area contributed by atoms with Crippen molar-refractivity contribution in [2.45, 2.75) is 52.9 Å². The van der Waals surface area contributed by atoms with Crippen LogP contribution in [-0.4, -0.2) is 36.9 Å². The van der Waals surface area contributed by atoms with E-state index < -0.39 is 0 Å². The third kappa shape index (κ3) is 5.02. The summed E-state index contributed by atoms with van der Waals surface area (Å²) in [5.74, 6) is 1.21. The van der Waals surface area contributed by atoms with Crippen molar-refractivity contribution in [2.75, 3.05) is 26.2 Å². The molecule has 0 radical (unpaired) electrons. The Kier molecular flexibility index (Phi) is 7.27. The van der Waals surface area contributed by atoms with Crippen LogP contribution in [0.15, 0.2) is 36.4 Å². The van der Waals surface area contributed by atoms with E-state index in [2.05, 4.69) is 36.9 Å². The number of benzene rings is 2. The molecule has 0 saturated carbocycles. The van der Waals surface area contributed by atoms with Crippen LogP contribution in [0.4, 0.5) is 0 Å². The zero-order chi connectivity index (χ0) is 19.9. The molecule has 28 heavy (non-hydrogen) atoms. The maximum Gasteiger partial charge on any atom is 0.162 e. The number of hydrogen-bond donors (Lipinski definition) is 0. The molecule has 0 bridgehead atoms. The number of carbonyl (C=O) groups excluding carboxylic acids is 1. The maximum absolute atomic E-state index is 12.3. The Bertz CT molecular complexity index is 806. The standard InChI is InChI=1S/C25H33NO2/c1-4-9-24(27)22-11-8-10-21(17-22)23-16-19(3)25(18-20(23)5-2)28-15-14-26-12-6-7-13-26/h8,10-11,16-18H,4-7,9,12-15H2,1-3H3. The van der Waals surface area contributed by atoms with Crippen molar-refractivity contribution in [3.63, 3.8) is 0 Å². The third-order valence-electron chi connectivity index (χ3n) is 5.62. The fourth-order valence-electron chi connectivity index (χ4n) is 3.97. The van der Waals surface area contributed by atoms with Gasteiger partial charge in [0.05, 0.1) is 0 Å². The highest BCUT2D eigenvalue weighted by atomic mass is 16.5. The zero-order valence-corrected chi connectivity index (χ0v) is 17.6. The topological polar surface area (TPSA) is 29.5 Å². The van der Waals surface area contributed by atoms with E-state index in [1.54, 1.807) is 0 Å². The zero-order valence-electron chi connectivity index (χ0n) is 17.6. The van der Waals surface area contributed by atoms with Gasteiger partial charge in [0, 0.05) is 18.5 Å². The molecule has 1 saturated heterocycles. The molecule has 0 aromatic heterocycles. The van der Waals surface area contributed by atoms with Gasteiger partial charge in [0.1, 0.15) is 12.4 Å². The van der Waals surface area contributed by atoms with Gasteiger partial charge in [-0.05, 0) is 86.1 Å². The first-order valence-electron chi connectivity index (χ1n) is 10.7. The second-order valence-electron chi connectivity index (χ2n) is 7.78. The minimum atomic E-state index is 0.223. The average Bonchev–Trinajstić information content (AvgIpc) is 3.22. The number of rotatable bonds is 9. The molecule has 3 heteroatoms. The second kappa shape index (κ2) is 9.88. The van der Waals surface area contributed by atoms with Gasteiger partial charge >= 0.3 is 0 Å². The quantitative estimate of drug-likeness (QED) is 0.525. The van der Waals surface area contributed by atoms with E-state index >= 15 is 0 Å². The van der Waals surface area contributed by atoms with E-state index in [-0.39, 0.29) is 5.78 Å². The summed E-state index contributed by atoms with van der Waals surface area (Å²) < 4.78 is 6.13. The Hall–Kier alpha value is -2.13. The molecule has 2 aromatic rings. The molecular formula is C25H33NO2. The van der Waals surface area contributed by atoms with Crippen molar-refractivity contribution < 1.29 is 9.53 Å². The molecule has 150 valence electrons. The summed E-state index contributed by atoms with van der Waals surface area (Å²) in [4.78, 5) is 14.8. The predicted molar refractivity (Wildman–Crippen MR) is 116 cm³/mol. The lowest BCUT2D eigenvalue weighted by Crippen LogP contribution is -2.25. The molecule has 3 rings (SSSR count). The molecule has 0 amide bonds. The van der Waals surface area contributed by atoms with E-state index in [9.17, 15) is 4.79 Å². The van der Waals surface area contributed by atoms with Crippen molar-refractivity contribution in [1.82, 2.24) is 4.90 Å². The highest BCUT2D eigenvalue weighted by Crippen LogP contribution is 2.32. The molecule has 0 unspecified atom stereocenters. The molecular weight excluding hydrogens is 346 g/mol. The molecule has 0 N–H and O–H groups in total. The Balaban J connectivity index is 1.79. The van der Waals surface area contributed by atoms with Crippen molar-refractivity contribution in [3.8, 4) is 16.9 Å². The summed E-state index contributed by atoms with van der Waals surface area (Å²) >= 11 is 0. The van der Waals surface area contributed by atoms with E-state index in [1.165, 1.54) is 37.1 Å². The molecule has 0 spiro atoms. The van der Waals surface area contributed by atoms with Crippen molar-refractivity contribution in [3.05, 3.63) is 53.1 Å². The SMILES string of the molecule is CCCC(=O)c1cccc(-c2cc(C)c(OCCN3CCCC3)cc2CC)c1. The van der Waals surface area contributed by atoms with Crippen LogP contribution in [0.25, 0.3) is 11.1 Å². The molecule has 2 aromatic carbocycles. The van der Waals surface area contributed by atoms with Gasteiger partial charge in [0.15, 0.2) is 5.78 Å². The molecule has 1 aliphatic rings. The van der Waals surface area contributed by atoms with E-state index in [0.29, 0.717) is 6.42 Å². The van der Waals surface area contributed by atoms with Gasteiger partial charge in [-0.25, -0.2) is 0 Å². The molecule has 0 atom stereocenters. The lowest BCUT2D eigenvalue weighted by molar-refractivity contribution is 0.0982. The number of aryl methyl sites for hydroxylation is 2. The lowest BCUT2D eigenvalue weighted by atomic mass is 9.93. The van der Waals surface area contributed by atoms with Crippen molar-refractivity contribution in [2.24, 2.45) is 0 Å². The fourth-order valence-corrected chi connectivity index (χ4v) is 3.97. The van der Waals surface area contributed by atoms with Crippen molar-refractivity contribution in [1.29, 1.82) is 0 Å². The van der Waals surface area contributed by atoms with Gasteiger partial charge in [-0.1, -0.05) is 32.0 Å². The van der Waals surface area contributed by atoms with Gasteiger partial charge in [-0.3, -0.25) is 9.69 Å². The summed E-state index contributed by atoms with van der Waals surface area (Å²) in [5.41, 5.74) is 5.55. The Labute approximate surface area is 169 Å². The van der Waals surface area contributed by atoms with Gasteiger partial charge in [0.25, 0.3) is 0 Å². The number of Topliss-reactive ketones (excluding diaryl/α,β-unsaturated/α-hetero) is 1. The van der Waals surface area contributed by atoms with Crippen molar-refractivity contribution >= 4 is 5.78 Å². The van der Waals surface area contributed by atoms with E-state index in [4.69, 9.17) is 4.74 Å². The van der Waals surface area contributed by atoms with Gasteiger partial charge in [-0.15, -0.1) is 0 Å². The van der Waals surface area contributed by atoms with Gasteiger partial charge in [0.2, 0.25) is 0 Å². The van der Waals surface area contributed by atoms with E-state index in [0.717, 1.165) is 48.4 Å². The fraction of sp³-hybridized carbons (Fsp3) is 0.480. The molecule has 1 fully saturated rings.